The summed E-state index contributed by atoms with van der Waals surface area (Å²) in [6.45, 7) is 3.28. The third-order valence-corrected chi connectivity index (χ3v) is 2.24. The Hall–Kier alpha value is -1.87. The van der Waals surface area contributed by atoms with E-state index >= 15 is 0 Å². The molecule has 0 atom stereocenters. The highest BCUT2D eigenvalue weighted by Crippen LogP contribution is 2.17. The molecule has 0 aromatic heterocycles. The Balaban J connectivity index is 0.000000317. The highest BCUT2D eigenvalue weighted by molar-refractivity contribution is 5.83. The number of aliphatic hydroxyl groups excluding tert-OH is 1. The number of benzene rings is 2. The maximum atomic E-state index is 9.00. The van der Waals surface area contributed by atoms with Gasteiger partial charge in [0.2, 0.25) is 0 Å². The average Bonchev–Trinajstić information content (AvgIpc) is 2.27. The van der Waals surface area contributed by atoms with Crippen molar-refractivity contribution in [2.75, 3.05) is 0 Å². The van der Waals surface area contributed by atoms with Crippen LogP contribution in [0.15, 0.2) is 36.4 Å². The second-order valence-corrected chi connectivity index (χ2v) is 3.86. The summed E-state index contributed by atoms with van der Waals surface area (Å²) in [7, 11) is 0. The predicted molar refractivity (Wildman–Crippen MR) is 67.9 cm³/mol. The molecule has 0 fully saturated rings. The third kappa shape index (κ3) is 4.25. The van der Waals surface area contributed by atoms with Crippen molar-refractivity contribution in [1.82, 2.24) is 0 Å². The normalized spacial score (nSPS) is 9.59. The number of fused-ring (bicyclic) bond motifs is 1. The molecule has 17 heavy (non-hydrogen) atoms. The Bertz CT molecular complexity index is 514. The van der Waals surface area contributed by atoms with Crippen LogP contribution in [0.3, 0.4) is 0 Å². The highest BCUT2D eigenvalue weighted by Gasteiger charge is 1.95. The first-order valence-corrected chi connectivity index (χ1v) is 5.32. The molecule has 0 aliphatic carbocycles. The number of aryl methyl sites for hydroxylation is 1. The van der Waals surface area contributed by atoms with Gasteiger partial charge < -0.3 is 10.2 Å². The first-order chi connectivity index (χ1) is 8.02. The number of carboxylic acid groups (broad SMARTS) is 1. The van der Waals surface area contributed by atoms with Gasteiger partial charge in [-0.15, -0.1) is 0 Å². The van der Waals surface area contributed by atoms with Gasteiger partial charge in [0, 0.05) is 6.92 Å². The monoisotopic (exact) mass is 232 g/mol. The topological polar surface area (TPSA) is 57.5 Å². The van der Waals surface area contributed by atoms with Gasteiger partial charge in [-0.25, -0.2) is 0 Å². The fourth-order valence-electron chi connectivity index (χ4n) is 1.51. The molecular weight excluding hydrogens is 216 g/mol. The quantitative estimate of drug-likeness (QED) is 0.794. The van der Waals surface area contributed by atoms with E-state index in [2.05, 4.69) is 25.1 Å². The van der Waals surface area contributed by atoms with Gasteiger partial charge in [0.25, 0.3) is 5.97 Å². The van der Waals surface area contributed by atoms with Crippen LogP contribution >= 0.6 is 0 Å². The Morgan fingerprint density at radius 1 is 1.12 bits per heavy atom. The molecule has 0 amide bonds. The molecule has 0 bridgehead atoms. The lowest BCUT2D eigenvalue weighted by molar-refractivity contribution is -0.134. The van der Waals surface area contributed by atoms with Gasteiger partial charge in [-0.05, 0) is 29.3 Å². The summed E-state index contributed by atoms with van der Waals surface area (Å²) < 4.78 is 0. The zero-order valence-corrected chi connectivity index (χ0v) is 9.97. The zero-order chi connectivity index (χ0) is 12.8. The average molecular weight is 232 g/mol. The van der Waals surface area contributed by atoms with E-state index < -0.39 is 5.97 Å². The minimum atomic E-state index is -0.833. The molecule has 0 heterocycles. The first-order valence-electron chi connectivity index (χ1n) is 5.32. The molecule has 90 valence electrons. The Morgan fingerprint density at radius 2 is 1.65 bits per heavy atom. The van der Waals surface area contributed by atoms with E-state index in [1.807, 2.05) is 18.2 Å². The van der Waals surface area contributed by atoms with Crippen molar-refractivity contribution in [2.45, 2.75) is 20.5 Å². The molecule has 0 unspecified atom stereocenters. The first kappa shape index (κ1) is 13.2. The molecule has 0 saturated heterocycles. The largest absolute Gasteiger partial charge is 0.481 e. The van der Waals surface area contributed by atoms with Crippen LogP contribution < -0.4 is 0 Å². The van der Waals surface area contributed by atoms with Crippen LogP contribution in [0.4, 0.5) is 0 Å². The molecule has 2 rings (SSSR count). The standard InChI is InChI=1S/C12H12O.C2H4O2/c1-9-2-4-12-7-10(8-13)3-5-11(12)6-9;1-2(3)4/h2-7,13H,8H2,1H3;1H3,(H,3,4). The van der Waals surface area contributed by atoms with Gasteiger partial charge in [-0.2, -0.15) is 0 Å². The predicted octanol–water partition coefficient (Wildman–Crippen LogP) is 2.73. The van der Waals surface area contributed by atoms with Crippen LogP contribution in [0.25, 0.3) is 10.8 Å². The van der Waals surface area contributed by atoms with Crippen molar-refractivity contribution in [3.8, 4) is 0 Å². The number of hydrogen-bond donors (Lipinski definition) is 2. The molecule has 0 radical (unpaired) electrons. The van der Waals surface area contributed by atoms with Crippen molar-refractivity contribution in [1.29, 1.82) is 0 Å². The Morgan fingerprint density at radius 3 is 2.24 bits per heavy atom. The van der Waals surface area contributed by atoms with Gasteiger partial charge >= 0.3 is 0 Å². The van der Waals surface area contributed by atoms with E-state index in [1.54, 1.807) is 0 Å². The maximum absolute atomic E-state index is 9.00. The lowest BCUT2D eigenvalue weighted by atomic mass is 10.1. The van der Waals surface area contributed by atoms with Gasteiger partial charge in [0.15, 0.2) is 0 Å². The molecule has 2 aromatic rings. The zero-order valence-electron chi connectivity index (χ0n) is 9.97. The number of hydrogen-bond acceptors (Lipinski definition) is 2. The molecule has 0 spiro atoms. The summed E-state index contributed by atoms with van der Waals surface area (Å²) in [6.07, 6.45) is 0. The lowest BCUT2D eigenvalue weighted by Gasteiger charge is -2.01. The molecule has 3 nitrogen and oxygen atoms in total. The Labute approximate surface area is 100 Å². The summed E-state index contributed by atoms with van der Waals surface area (Å²) in [5.41, 5.74) is 2.24. The fourth-order valence-corrected chi connectivity index (χ4v) is 1.51. The summed E-state index contributed by atoms with van der Waals surface area (Å²) in [5.74, 6) is -0.833. The maximum Gasteiger partial charge on any atom is 0.300 e. The van der Waals surface area contributed by atoms with E-state index in [-0.39, 0.29) is 6.61 Å². The minimum Gasteiger partial charge on any atom is -0.481 e. The number of carbonyl (C=O) groups is 1. The van der Waals surface area contributed by atoms with Crippen molar-refractivity contribution in [3.05, 3.63) is 47.5 Å². The van der Waals surface area contributed by atoms with Gasteiger partial charge in [-0.1, -0.05) is 35.9 Å². The molecular formula is C14H16O3. The van der Waals surface area contributed by atoms with Gasteiger partial charge in [0.1, 0.15) is 0 Å². The van der Waals surface area contributed by atoms with E-state index in [1.165, 1.54) is 16.3 Å². The van der Waals surface area contributed by atoms with E-state index in [9.17, 15) is 0 Å². The van der Waals surface area contributed by atoms with Crippen LogP contribution in [0.1, 0.15) is 18.1 Å². The number of rotatable bonds is 1. The van der Waals surface area contributed by atoms with Crippen LogP contribution in [0, 0.1) is 6.92 Å². The van der Waals surface area contributed by atoms with E-state index in [4.69, 9.17) is 15.0 Å². The smallest absolute Gasteiger partial charge is 0.300 e. The summed E-state index contributed by atoms with van der Waals surface area (Å²) >= 11 is 0. The van der Waals surface area contributed by atoms with Gasteiger partial charge in [-0.3, -0.25) is 4.79 Å². The second-order valence-electron chi connectivity index (χ2n) is 3.86. The van der Waals surface area contributed by atoms with Crippen molar-refractivity contribution in [3.63, 3.8) is 0 Å². The fraction of sp³-hybridized carbons (Fsp3) is 0.214. The van der Waals surface area contributed by atoms with Crippen LogP contribution in [0.2, 0.25) is 0 Å². The van der Waals surface area contributed by atoms with Crippen LogP contribution in [-0.2, 0) is 11.4 Å². The minimum absolute atomic E-state index is 0.115. The van der Waals surface area contributed by atoms with Crippen LogP contribution in [-0.4, -0.2) is 16.2 Å². The van der Waals surface area contributed by atoms with Crippen molar-refractivity contribution in [2.24, 2.45) is 0 Å². The van der Waals surface area contributed by atoms with Crippen LogP contribution in [0.5, 0.6) is 0 Å². The SMILES string of the molecule is CC(=O)O.Cc1ccc2cc(CO)ccc2c1. The number of carboxylic acids is 1. The number of aliphatic carboxylic acids is 1. The van der Waals surface area contributed by atoms with Crippen molar-refractivity contribution < 1.29 is 15.0 Å². The molecule has 2 aromatic carbocycles. The van der Waals surface area contributed by atoms with E-state index in [0.29, 0.717) is 0 Å². The lowest BCUT2D eigenvalue weighted by Crippen LogP contribution is -1.82. The summed E-state index contributed by atoms with van der Waals surface area (Å²) in [6, 6.07) is 12.4. The third-order valence-electron chi connectivity index (χ3n) is 2.24. The van der Waals surface area contributed by atoms with Gasteiger partial charge in [0.05, 0.1) is 6.61 Å². The number of aliphatic hydroxyl groups is 1. The van der Waals surface area contributed by atoms with Crippen molar-refractivity contribution >= 4 is 16.7 Å². The Kier molecular flexibility index (Phi) is 4.67. The molecule has 2 N–H and O–H groups in total. The van der Waals surface area contributed by atoms with E-state index in [0.717, 1.165) is 12.5 Å². The molecule has 0 aliphatic rings. The molecule has 3 heteroatoms. The second kappa shape index (κ2) is 6.01. The summed E-state index contributed by atoms with van der Waals surface area (Å²) in [5, 5.41) is 18.8. The highest BCUT2D eigenvalue weighted by atomic mass is 16.4. The molecule has 0 saturated carbocycles. The molecule has 0 aliphatic heterocycles. The summed E-state index contributed by atoms with van der Waals surface area (Å²) in [4.78, 5) is 9.00.